The topological polar surface area (TPSA) is 32.3 Å². The largest absolute Gasteiger partial charge is 0.314 e. The van der Waals surface area contributed by atoms with Crippen molar-refractivity contribution < 1.29 is 4.79 Å². The van der Waals surface area contributed by atoms with Gasteiger partial charge in [-0.2, -0.15) is 0 Å². The van der Waals surface area contributed by atoms with Crippen molar-refractivity contribution in [3.8, 4) is 0 Å². The van der Waals surface area contributed by atoms with E-state index in [0.29, 0.717) is 11.8 Å². The molecule has 1 heterocycles. The number of hydrogen-bond donors (Lipinski definition) is 1. The summed E-state index contributed by atoms with van der Waals surface area (Å²) in [6, 6.07) is 0.597. The van der Waals surface area contributed by atoms with Crippen LogP contribution in [0.5, 0.6) is 0 Å². The number of likely N-dealkylation sites (tertiary alicyclic amines) is 1. The fraction of sp³-hybridized carbons (Fsp3) is 0.941. The highest BCUT2D eigenvalue weighted by molar-refractivity contribution is 5.80. The van der Waals surface area contributed by atoms with E-state index in [4.69, 9.17) is 0 Å². The molecule has 0 atom stereocenters. The summed E-state index contributed by atoms with van der Waals surface area (Å²) in [6.45, 7) is 13.2. The van der Waals surface area contributed by atoms with Gasteiger partial charge in [-0.3, -0.25) is 4.79 Å². The van der Waals surface area contributed by atoms with Gasteiger partial charge in [-0.05, 0) is 57.8 Å². The van der Waals surface area contributed by atoms with Crippen LogP contribution < -0.4 is 5.32 Å². The lowest BCUT2D eigenvalue weighted by Gasteiger charge is -2.32. The molecule has 1 fully saturated rings. The lowest BCUT2D eigenvalue weighted by atomic mass is 9.90. The van der Waals surface area contributed by atoms with Gasteiger partial charge in [0.05, 0.1) is 0 Å². The highest BCUT2D eigenvalue weighted by atomic mass is 16.1. The van der Waals surface area contributed by atoms with Crippen LogP contribution in [0.3, 0.4) is 0 Å². The summed E-state index contributed by atoms with van der Waals surface area (Å²) in [6.07, 6.45) is 5.71. The Morgan fingerprint density at radius 3 is 2.40 bits per heavy atom. The average molecular weight is 282 g/mol. The SMILES string of the molecule is CC(C)NCCCN1CCC(CCC(=O)C(C)C)CC1. The fourth-order valence-electron chi connectivity index (χ4n) is 2.83. The van der Waals surface area contributed by atoms with Gasteiger partial charge >= 0.3 is 0 Å². The maximum absolute atomic E-state index is 11.7. The van der Waals surface area contributed by atoms with E-state index < -0.39 is 0 Å². The van der Waals surface area contributed by atoms with Gasteiger partial charge in [0.25, 0.3) is 0 Å². The quantitative estimate of drug-likeness (QED) is 0.660. The second kappa shape index (κ2) is 9.51. The summed E-state index contributed by atoms with van der Waals surface area (Å²) in [5.74, 6) is 1.43. The molecule has 0 spiro atoms. The first kappa shape index (κ1) is 17.6. The van der Waals surface area contributed by atoms with Gasteiger partial charge in [-0.15, -0.1) is 0 Å². The summed E-state index contributed by atoms with van der Waals surface area (Å²) in [5.41, 5.74) is 0. The van der Waals surface area contributed by atoms with Crippen molar-refractivity contribution >= 4 is 5.78 Å². The molecule has 20 heavy (non-hydrogen) atoms. The van der Waals surface area contributed by atoms with Crippen LogP contribution in [0, 0.1) is 11.8 Å². The Balaban J connectivity index is 2.06. The molecule has 1 saturated heterocycles. The average Bonchev–Trinajstić information content (AvgIpc) is 2.42. The summed E-state index contributed by atoms with van der Waals surface area (Å²) in [7, 11) is 0. The molecule has 3 nitrogen and oxygen atoms in total. The molecule has 118 valence electrons. The third-order valence-corrected chi connectivity index (χ3v) is 4.35. The van der Waals surface area contributed by atoms with Gasteiger partial charge in [-0.25, -0.2) is 0 Å². The van der Waals surface area contributed by atoms with Crippen molar-refractivity contribution in [2.75, 3.05) is 26.2 Å². The predicted octanol–water partition coefficient (Wildman–Crippen LogP) is 3.09. The van der Waals surface area contributed by atoms with Crippen molar-refractivity contribution in [3.05, 3.63) is 0 Å². The minimum Gasteiger partial charge on any atom is -0.314 e. The Hall–Kier alpha value is -0.410. The van der Waals surface area contributed by atoms with Crippen molar-refractivity contribution in [2.24, 2.45) is 11.8 Å². The van der Waals surface area contributed by atoms with E-state index in [0.717, 1.165) is 25.3 Å². The number of ketones is 1. The summed E-state index contributed by atoms with van der Waals surface area (Å²) < 4.78 is 0. The Kier molecular flexibility index (Phi) is 8.39. The molecule has 0 saturated carbocycles. The molecule has 1 N–H and O–H groups in total. The van der Waals surface area contributed by atoms with E-state index >= 15 is 0 Å². The minimum atomic E-state index is 0.212. The molecule has 3 heteroatoms. The van der Waals surface area contributed by atoms with Gasteiger partial charge < -0.3 is 10.2 Å². The van der Waals surface area contributed by atoms with Crippen LogP contribution >= 0.6 is 0 Å². The molecule has 1 aliphatic heterocycles. The second-order valence-electron chi connectivity index (χ2n) is 6.91. The Labute approximate surface area is 125 Å². The van der Waals surface area contributed by atoms with Gasteiger partial charge in [0.15, 0.2) is 0 Å². The zero-order valence-corrected chi connectivity index (χ0v) is 14.0. The number of nitrogens with one attached hydrogen (secondary N) is 1. The van der Waals surface area contributed by atoms with Crippen molar-refractivity contribution in [1.82, 2.24) is 10.2 Å². The van der Waals surface area contributed by atoms with Crippen LogP contribution in [0.4, 0.5) is 0 Å². The maximum Gasteiger partial charge on any atom is 0.135 e. The molecule has 0 aromatic rings. The predicted molar refractivity (Wildman–Crippen MR) is 86.0 cm³/mol. The monoisotopic (exact) mass is 282 g/mol. The normalized spacial score (nSPS) is 18.1. The van der Waals surface area contributed by atoms with E-state index in [1.807, 2.05) is 13.8 Å². The molecule has 1 aliphatic rings. The van der Waals surface area contributed by atoms with E-state index in [1.165, 1.54) is 38.9 Å². The summed E-state index contributed by atoms with van der Waals surface area (Å²) in [4.78, 5) is 14.2. The first-order valence-corrected chi connectivity index (χ1v) is 8.47. The molecule has 0 bridgehead atoms. The van der Waals surface area contributed by atoms with E-state index in [-0.39, 0.29) is 5.92 Å². The zero-order valence-electron chi connectivity index (χ0n) is 14.0. The van der Waals surface area contributed by atoms with Crippen LogP contribution in [0.25, 0.3) is 0 Å². The standard InChI is InChI=1S/C17H34N2O/c1-14(2)17(20)7-6-16-8-12-19(13-9-16)11-5-10-18-15(3)4/h14-16,18H,5-13H2,1-4H3. The first-order chi connectivity index (χ1) is 9.49. The van der Waals surface area contributed by atoms with Gasteiger partial charge in [0.1, 0.15) is 5.78 Å². The number of carbonyl (C=O) groups excluding carboxylic acids is 1. The fourth-order valence-corrected chi connectivity index (χ4v) is 2.83. The Bertz CT molecular complexity index is 268. The van der Waals surface area contributed by atoms with Crippen LogP contribution in [-0.4, -0.2) is 42.9 Å². The van der Waals surface area contributed by atoms with Crippen LogP contribution in [0.15, 0.2) is 0 Å². The molecule has 0 aromatic heterocycles. The molecule has 0 amide bonds. The number of hydrogen-bond acceptors (Lipinski definition) is 3. The smallest absolute Gasteiger partial charge is 0.135 e. The maximum atomic E-state index is 11.7. The molecule has 1 rings (SSSR count). The molecule has 0 aromatic carbocycles. The van der Waals surface area contributed by atoms with Crippen molar-refractivity contribution in [2.45, 2.75) is 65.8 Å². The number of Topliss-reactive ketones (excluding diaryl/α,β-unsaturated/α-hetero) is 1. The molecular weight excluding hydrogens is 248 g/mol. The highest BCUT2D eigenvalue weighted by Gasteiger charge is 2.20. The molecule has 0 aliphatic carbocycles. The van der Waals surface area contributed by atoms with Crippen molar-refractivity contribution in [3.63, 3.8) is 0 Å². The highest BCUT2D eigenvalue weighted by Crippen LogP contribution is 2.22. The van der Waals surface area contributed by atoms with Crippen LogP contribution in [0.2, 0.25) is 0 Å². The lowest BCUT2D eigenvalue weighted by Crippen LogP contribution is -2.36. The van der Waals surface area contributed by atoms with Gasteiger partial charge in [0, 0.05) is 18.4 Å². The molecular formula is C17H34N2O. The third-order valence-electron chi connectivity index (χ3n) is 4.35. The first-order valence-electron chi connectivity index (χ1n) is 8.47. The van der Waals surface area contributed by atoms with Gasteiger partial charge in [0.2, 0.25) is 0 Å². The Morgan fingerprint density at radius 1 is 1.20 bits per heavy atom. The summed E-state index contributed by atoms with van der Waals surface area (Å²) in [5, 5.41) is 3.47. The third kappa shape index (κ3) is 7.39. The van der Waals surface area contributed by atoms with Crippen molar-refractivity contribution in [1.29, 1.82) is 0 Å². The van der Waals surface area contributed by atoms with Gasteiger partial charge in [-0.1, -0.05) is 27.7 Å². The number of rotatable bonds is 9. The van der Waals surface area contributed by atoms with Crippen LogP contribution in [0.1, 0.15) is 59.8 Å². The van der Waals surface area contributed by atoms with E-state index in [9.17, 15) is 4.79 Å². The lowest BCUT2D eigenvalue weighted by molar-refractivity contribution is -0.122. The number of nitrogens with zero attached hydrogens (tertiary/aromatic N) is 1. The second-order valence-corrected chi connectivity index (χ2v) is 6.91. The van der Waals surface area contributed by atoms with E-state index in [2.05, 4.69) is 24.1 Å². The molecule has 0 unspecified atom stereocenters. The van der Waals surface area contributed by atoms with E-state index in [1.54, 1.807) is 0 Å². The number of carbonyl (C=O) groups is 1. The minimum absolute atomic E-state index is 0.212. The number of piperidine rings is 1. The summed E-state index contributed by atoms with van der Waals surface area (Å²) >= 11 is 0. The Morgan fingerprint density at radius 2 is 1.85 bits per heavy atom. The van der Waals surface area contributed by atoms with Crippen LogP contribution in [-0.2, 0) is 4.79 Å². The zero-order chi connectivity index (χ0) is 15.0. The molecule has 0 radical (unpaired) electrons.